The van der Waals surface area contributed by atoms with Gasteiger partial charge in [0, 0.05) is 12.1 Å². The lowest BCUT2D eigenvalue weighted by atomic mass is 10.1. The van der Waals surface area contributed by atoms with Gasteiger partial charge in [-0.15, -0.1) is 0 Å². The quantitative estimate of drug-likeness (QED) is 0.762. The molecule has 0 fully saturated rings. The van der Waals surface area contributed by atoms with Gasteiger partial charge in [0.2, 0.25) is 0 Å². The third-order valence-corrected chi connectivity index (χ3v) is 4.05. The number of rotatable bonds is 6. The fourth-order valence-corrected chi connectivity index (χ4v) is 2.68. The van der Waals surface area contributed by atoms with Gasteiger partial charge < -0.3 is 9.29 Å². The standard InChI is InChI=1S/C17H17O2S/c1-19-16-11-7-12-17(14-16)20(18)13-6-5-10-15-8-3-2-4-9-15/h2-5,7-9,11-12,14H,10,13H2,1H3. The van der Waals surface area contributed by atoms with Crippen LogP contribution in [0.3, 0.4) is 0 Å². The Morgan fingerprint density at radius 2 is 1.95 bits per heavy atom. The van der Waals surface area contributed by atoms with E-state index < -0.39 is 11.2 Å². The lowest BCUT2D eigenvalue weighted by molar-refractivity contribution is 0.413. The molecule has 0 spiro atoms. The minimum atomic E-state index is -1.08. The second-order valence-corrected chi connectivity index (χ2v) is 5.72. The van der Waals surface area contributed by atoms with Crippen molar-refractivity contribution in [3.05, 3.63) is 72.3 Å². The highest BCUT2D eigenvalue weighted by Gasteiger charge is 2.09. The van der Waals surface area contributed by atoms with E-state index in [1.807, 2.05) is 42.5 Å². The van der Waals surface area contributed by atoms with Gasteiger partial charge in [-0.2, -0.15) is 0 Å². The fourth-order valence-electron chi connectivity index (χ4n) is 1.76. The Bertz CT molecular complexity index is 552. The van der Waals surface area contributed by atoms with Crippen molar-refractivity contribution in [2.45, 2.75) is 11.3 Å². The SMILES string of the molecule is COc1cccc([S+]([O-])C/[C]=C/Cc2ccccc2)c1. The summed E-state index contributed by atoms with van der Waals surface area (Å²) >= 11 is -1.08. The molecule has 0 aliphatic rings. The molecule has 0 N–H and O–H groups in total. The number of methoxy groups -OCH3 is 1. The van der Waals surface area contributed by atoms with E-state index in [1.165, 1.54) is 5.56 Å². The lowest BCUT2D eigenvalue weighted by Crippen LogP contribution is -2.05. The Kier molecular flexibility index (Phi) is 5.71. The van der Waals surface area contributed by atoms with Crippen molar-refractivity contribution in [1.29, 1.82) is 0 Å². The first-order chi connectivity index (χ1) is 9.79. The molecule has 0 saturated carbocycles. The van der Waals surface area contributed by atoms with Gasteiger partial charge in [-0.05, 0) is 35.3 Å². The first-order valence-electron chi connectivity index (χ1n) is 6.41. The number of allylic oxidation sites excluding steroid dienone is 1. The number of hydrogen-bond acceptors (Lipinski definition) is 2. The Balaban J connectivity index is 1.86. The van der Waals surface area contributed by atoms with Crippen LogP contribution in [0.5, 0.6) is 5.75 Å². The van der Waals surface area contributed by atoms with E-state index in [-0.39, 0.29) is 0 Å². The van der Waals surface area contributed by atoms with Crippen LogP contribution in [0.1, 0.15) is 5.56 Å². The van der Waals surface area contributed by atoms with Crippen molar-refractivity contribution >= 4 is 11.2 Å². The summed E-state index contributed by atoms with van der Waals surface area (Å²) in [7, 11) is 1.61. The van der Waals surface area contributed by atoms with Crippen LogP contribution in [0.15, 0.2) is 65.6 Å². The molecule has 20 heavy (non-hydrogen) atoms. The second-order valence-electron chi connectivity index (χ2n) is 4.27. The van der Waals surface area contributed by atoms with Crippen molar-refractivity contribution in [1.82, 2.24) is 0 Å². The van der Waals surface area contributed by atoms with E-state index in [4.69, 9.17) is 4.74 Å². The van der Waals surface area contributed by atoms with Crippen LogP contribution in [-0.2, 0) is 17.6 Å². The molecule has 2 aromatic carbocycles. The number of hydrogen-bond donors (Lipinski definition) is 0. The van der Waals surface area contributed by atoms with Gasteiger partial charge in [0.05, 0.1) is 7.11 Å². The van der Waals surface area contributed by atoms with Gasteiger partial charge in [0.1, 0.15) is 11.5 Å². The molecule has 0 aliphatic carbocycles. The van der Waals surface area contributed by atoms with Gasteiger partial charge in [-0.1, -0.05) is 42.5 Å². The van der Waals surface area contributed by atoms with Gasteiger partial charge in [0.25, 0.3) is 0 Å². The van der Waals surface area contributed by atoms with Crippen LogP contribution in [-0.4, -0.2) is 17.4 Å². The lowest BCUT2D eigenvalue weighted by Gasteiger charge is -2.08. The summed E-state index contributed by atoms with van der Waals surface area (Å²) < 4.78 is 17.2. The molecule has 0 aromatic heterocycles. The second kappa shape index (κ2) is 7.78. The predicted octanol–water partition coefficient (Wildman–Crippen LogP) is 3.40. The smallest absolute Gasteiger partial charge is 0.156 e. The number of benzene rings is 2. The average Bonchev–Trinajstić information content (AvgIpc) is 2.52. The summed E-state index contributed by atoms with van der Waals surface area (Å²) in [6.07, 6.45) is 5.86. The first kappa shape index (κ1) is 14.7. The molecular formula is C17H17O2S. The van der Waals surface area contributed by atoms with Crippen LogP contribution in [0.25, 0.3) is 0 Å². The Labute approximate surface area is 123 Å². The first-order valence-corrected chi connectivity index (χ1v) is 7.73. The molecule has 0 heterocycles. The van der Waals surface area contributed by atoms with Gasteiger partial charge in [-0.25, -0.2) is 0 Å². The van der Waals surface area contributed by atoms with E-state index >= 15 is 0 Å². The fraction of sp³-hybridized carbons (Fsp3) is 0.176. The molecule has 0 aliphatic heterocycles. The summed E-state index contributed by atoms with van der Waals surface area (Å²) in [5.74, 6) is 1.13. The topological polar surface area (TPSA) is 32.3 Å². The summed E-state index contributed by atoms with van der Waals surface area (Å²) in [6, 6.07) is 17.5. The van der Waals surface area contributed by atoms with Crippen LogP contribution in [0, 0.1) is 6.08 Å². The molecule has 3 heteroatoms. The molecular weight excluding hydrogens is 268 g/mol. The highest BCUT2D eigenvalue weighted by molar-refractivity contribution is 7.91. The summed E-state index contributed by atoms with van der Waals surface area (Å²) in [5, 5.41) is 0. The maximum atomic E-state index is 12.1. The molecule has 2 rings (SSSR count). The summed E-state index contributed by atoms with van der Waals surface area (Å²) in [4.78, 5) is 0.768. The molecule has 1 atom stereocenters. The van der Waals surface area contributed by atoms with Crippen molar-refractivity contribution in [3.8, 4) is 5.75 Å². The maximum Gasteiger partial charge on any atom is 0.156 e. The summed E-state index contributed by atoms with van der Waals surface area (Å²) in [6.45, 7) is 0. The molecule has 0 bridgehead atoms. The number of ether oxygens (including phenoxy) is 1. The van der Waals surface area contributed by atoms with E-state index in [2.05, 4.69) is 18.2 Å². The molecule has 103 valence electrons. The van der Waals surface area contributed by atoms with Crippen molar-refractivity contribution in [3.63, 3.8) is 0 Å². The summed E-state index contributed by atoms with van der Waals surface area (Å²) in [5.41, 5.74) is 1.23. The van der Waals surface area contributed by atoms with Gasteiger partial charge >= 0.3 is 0 Å². The van der Waals surface area contributed by atoms with E-state index in [0.717, 1.165) is 17.1 Å². The normalized spacial score (nSPS) is 12.5. The molecule has 0 saturated heterocycles. The molecule has 2 nitrogen and oxygen atoms in total. The largest absolute Gasteiger partial charge is 0.611 e. The molecule has 1 unspecified atom stereocenters. The highest BCUT2D eigenvalue weighted by atomic mass is 32.2. The molecule has 1 radical (unpaired) electrons. The van der Waals surface area contributed by atoms with Gasteiger partial charge in [0.15, 0.2) is 4.90 Å². The van der Waals surface area contributed by atoms with Crippen molar-refractivity contribution < 1.29 is 9.29 Å². The third-order valence-electron chi connectivity index (χ3n) is 2.84. The zero-order valence-corrected chi connectivity index (χ0v) is 12.2. The average molecular weight is 285 g/mol. The van der Waals surface area contributed by atoms with Crippen molar-refractivity contribution in [2.75, 3.05) is 12.9 Å². The minimum Gasteiger partial charge on any atom is -0.611 e. The van der Waals surface area contributed by atoms with E-state index in [9.17, 15) is 4.55 Å². The zero-order valence-electron chi connectivity index (χ0n) is 11.4. The molecule has 0 amide bonds. The minimum absolute atomic E-state index is 0.403. The third kappa shape index (κ3) is 4.44. The maximum absolute atomic E-state index is 12.1. The monoisotopic (exact) mass is 285 g/mol. The molecule has 2 aromatic rings. The Hall–Kier alpha value is -1.71. The van der Waals surface area contributed by atoms with Crippen molar-refractivity contribution in [2.24, 2.45) is 0 Å². The predicted molar refractivity (Wildman–Crippen MR) is 82.2 cm³/mol. The van der Waals surface area contributed by atoms with Crippen LogP contribution in [0.2, 0.25) is 0 Å². The Morgan fingerprint density at radius 3 is 2.70 bits per heavy atom. The van der Waals surface area contributed by atoms with Crippen LogP contribution < -0.4 is 4.74 Å². The highest BCUT2D eigenvalue weighted by Crippen LogP contribution is 2.18. The van der Waals surface area contributed by atoms with Gasteiger partial charge in [-0.3, -0.25) is 0 Å². The van der Waals surface area contributed by atoms with Crippen LogP contribution in [0.4, 0.5) is 0 Å². The Morgan fingerprint density at radius 1 is 1.15 bits per heavy atom. The van der Waals surface area contributed by atoms with E-state index in [0.29, 0.717) is 5.75 Å². The van der Waals surface area contributed by atoms with E-state index in [1.54, 1.807) is 13.2 Å². The van der Waals surface area contributed by atoms with Crippen LogP contribution >= 0.6 is 0 Å². The zero-order chi connectivity index (χ0) is 14.2.